The molecular weight excluding hydrogens is 550 g/mol. The summed E-state index contributed by atoms with van der Waals surface area (Å²) >= 11 is 6.24. The molecule has 0 spiro atoms. The zero-order valence-electron chi connectivity index (χ0n) is 23.8. The Morgan fingerprint density at radius 3 is 2.40 bits per heavy atom. The molecule has 0 bridgehead atoms. The Balaban J connectivity index is 1.17. The highest BCUT2D eigenvalue weighted by Gasteiger charge is 2.15. The smallest absolute Gasteiger partial charge is 0.255 e. The van der Waals surface area contributed by atoms with Gasteiger partial charge in [-0.2, -0.15) is 0 Å². The van der Waals surface area contributed by atoms with Gasteiger partial charge in [0, 0.05) is 54.9 Å². The number of benzene rings is 3. The molecule has 0 saturated carbocycles. The number of carbonyl (C=O) groups excluding carboxylic acids is 2. The number of anilines is 2. The maximum absolute atomic E-state index is 13.0. The van der Waals surface area contributed by atoms with Crippen LogP contribution in [0.15, 0.2) is 85.1 Å². The molecule has 1 aliphatic heterocycles. The van der Waals surface area contributed by atoms with Crippen LogP contribution in [0.25, 0.3) is 0 Å². The molecule has 8 nitrogen and oxygen atoms in total. The van der Waals surface area contributed by atoms with E-state index in [-0.39, 0.29) is 18.4 Å². The van der Waals surface area contributed by atoms with Crippen LogP contribution in [0.1, 0.15) is 37.5 Å². The lowest BCUT2D eigenvalue weighted by Crippen LogP contribution is -2.44. The Morgan fingerprint density at radius 1 is 0.929 bits per heavy atom. The second-order valence-electron chi connectivity index (χ2n) is 10.4. The maximum Gasteiger partial charge on any atom is 0.255 e. The van der Waals surface area contributed by atoms with Crippen molar-refractivity contribution in [1.82, 2.24) is 15.2 Å². The molecular formula is C33H34ClN5O3. The minimum Gasteiger partial charge on any atom is -0.485 e. The van der Waals surface area contributed by atoms with E-state index in [0.29, 0.717) is 34.1 Å². The predicted octanol–water partition coefficient (Wildman–Crippen LogP) is 5.56. The van der Waals surface area contributed by atoms with Gasteiger partial charge < -0.3 is 25.2 Å². The number of rotatable bonds is 9. The average Bonchev–Trinajstić information content (AvgIpc) is 3.01. The van der Waals surface area contributed by atoms with Crippen molar-refractivity contribution >= 4 is 34.8 Å². The van der Waals surface area contributed by atoms with Crippen molar-refractivity contribution in [3.63, 3.8) is 0 Å². The van der Waals surface area contributed by atoms with E-state index in [4.69, 9.17) is 16.3 Å². The van der Waals surface area contributed by atoms with Gasteiger partial charge in [0.25, 0.3) is 11.8 Å². The van der Waals surface area contributed by atoms with E-state index in [1.54, 1.807) is 36.4 Å². The van der Waals surface area contributed by atoms with Gasteiger partial charge in [-0.1, -0.05) is 41.9 Å². The quantitative estimate of drug-likeness (QED) is 0.268. The van der Waals surface area contributed by atoms with Crippen LogP contribution in [0.4, 0.5) is 11.4 Å². The molecule has 1 aromatic heterocycles. The van der Waals surface area contributed by atoms with Crippen LogP contribution in [-0.4, -0.2) is 54.9 Å². The molecule has 2 N–H and O–H groups in total. The minimum absolute atomic E-state index is 0.133. The molecule has 1 fully saturated rings. The summed E-state index contributed by atoms with van der Waals surface area (Å²) in [6, 6.07) is 23.7. The van der Waals surface area contributed by atoms with Crippen molar-refractivity contribution in [2.45, 2.75) is 20.1 Å². The summed E-state index contributed by atoms with van der Waals surface area (Å²) in [6.07, 6.45) is 1.88. The largest absolute Gasteiger partial charge is 0.485 e. The van der Waals surface area contributed by atoms with Crippen LogP contribution in [-0.2, 0) is 13.2 Å². The van der Waals surface area contributed by atoms with Crippen molar-refractivity contribution in [2.24, 2.45) is 0 Å². The van der Waals surface area contributed by atoms with Gasteiger partial charge in [-0.15, -0.1) is 0 Å². The first-order valence-corrected chi connectivity index (χ1v) is 14.3. The number of hydrogen-bond acceptors (Lipinski definition) is 6. The molecule has 0 radical (unpaired) electrons. The van der Waals surface area contributed by atoms with E-state index < -0.39 is 0 Å². The highest BCUT2D eigenvalue weighted by molar-refractivity contribution is 6.30. The fraction of sp³-hybridized carbons (Fsp3) is 0.242. The normalized spacial score (nSPS) is 13.5. The summed E-state index contributed by atoms with van der Waals surface area (Å²) in [5.41, 5.74) is 5.31. The molecule has 2 amide bonds. The van der Waals surface area contributed by atoms with Crippen molar-refractivity contribution in [2.75, 3.05) is 43.4 Å². The molecule has 216 valence electrons. The van der Waals surface area contributed by atoms with Crippen LogP contribution < -0.4 is 20.3 Å². The fourth-order valence-corrected chi connectivity index (χ4v) is 4.86. The highest BCUT2D eigenvalue weighted by Crippen LogP contribution is 2.29. The van der Waals surface area contributed by atoms with E-state index in [1.807, 2.05) is 49.5 Å². The molecule has 0 aliphatic carbocycles. The molecule has 5 rings (SSSR count). The number of amides is 2. The lowest BCUT2D eigenvalue weighted by molar-refractivity contribution is 0.0949. The topological polar surface area (TPSA) is 86.8 Å². The monoisotopic (exact) mass is 583 g/mol. The number of carbonyl (C=O) groups is 2. The van der Waals surface area contributed by atoms with E-state index in [9.17, 15) is 9.59 Å². The Kier molecular flexibility index (Phi) is 9.36. The third kappa shape index (κ3) is 7.46. The third-order valence-corrected chi connectivity index (χ3v) is 7.54. The van der Waals surface area contributed by atoms with Gasteiger partial charge in [-0.25, -0.2) is 0 Å². The Labute approximate surface area is 251 Å². The second kappa shape index (κ2) is 13.5. The van der Waals surface area contributed by atoms with E-state index in [1.165, 1.54) is 0 Å². The summed E-state index contributed by atoms with van der Waals surface area (Å²) < 4.78 is 6.04. The number of aryl methyl sites for hydroxylation is 1. The number of aromatic nitrogens is 1. The predicted molar refractivity (Wildman–Crippen MR) is 166 cm³/mol. The number of nitrogens with zero attached hydrogens (tertiary/aromatic N) is 3. The summed E-state index contributed by atoms with van der Waals surface area (Å²) in [4.78, 5) is 34.8. The van der Waals surface area contributed by atoms with Crippen LogP contribution >= 0.6 is 11.6 Å². The highest BCUT2D eigenvalue weighted by atomic mass is 35.5. The van der Waals surface area contributed by atoms with Crippen molar-refractivity contribution in [3.05, 3.63) is 118 Å². The van der Waals surface area contributed by atoms with Gasteiger partial charge in [0.05, 0.1) is 23.3 Å². The van der Waals surface area contributed by atoms with Gasteiger partial charge >= 0.3 is 0 Å². The Morgan fingerprint density at radius 2 is 1.69 bits per heavy atom. The average molecular weight is 584 g/mol. The summed E-state index contributed by atoms with van der Waals surface area (Å²) in [5.74, 6) is 0.0371. The summed E-state index contributed by atoms with van der Waals surface area (Å²) in [7, 11) is 2.13. The molecule has 42 heavy (non-hydrogen) atoms. The Hall–Kier alpha value is -4.40. The van der Waals surface area contributed by atoms with Crippen LogP contribution in [0, 0.1) is 6.92 Å². The zero-order valence-corrected chi connectivity index (χ0v) is 24.5. The number of piperazine rings is 1. The number of hydrogen-bond donors (Lipinski definition) is 2. The van der Waals surface area contributed by atoms with Gasteiger partial charge in [0.1, 0.15) is 12.4 Å². The number of ether oxygens (including phenoxy) is 1. The van der Waals surface area contributed by atoms with Crippen molar-refractivity contribution in [3.8, 4) is 5.75 Å². The first-order chi connectivity index (χ1) is 20.4. The number of halogens is 1. The van der Waals surface area contributed by atoms with Gasteiger partial charge in [0.2, 0.25) is 0 Å². The van der Waals surface area contributed by atoms with Crippen molar-refractivity contribution in [1.29, 1.82) is 0 Å². The van der Waals surface area contributed by atoms with Crippen LogP contribution in [0.2, 0.25) is 5.02 Å². The van der Waals surface area contributed by atoms with E-state index >= 15 is 0 Å². The first kappa shape index (κ1) is 29.1. The SMILES string of the molecule is Cc1ccccc1C(=O)NCc1ccc(C(=O)Nc2ccc(Cl)cc2OCc2ccc(N3CCN(C)CC3)cn2)cc1. The Bertz CT molecular complexity index is 1530. The summed E-state index contributed by atoms with van der Waals surface area (Å²) in [6.45, 7) is 6.52. The molecule has 1 aliphatic rings. The maximum atomic E-state index is 13.0. The minimum atomic E-state index is -0.285. The molecule has 4 aromatic rings. The number of pyridine rings is 1. The molecule has 0 atom stereocenters. The van der Waals surface area contributed by atoms with Gasteiger partial charge in [-0.05, 0) is 67.6 Å². The van der Waals surface area contributed by atoms with E-state index in [0.717, 1.165) is 48.7 Å². The van der Waals surface area contributed by atoms with E-state index in [2.05, 4.69) is 38.5 Å². The van der Waals surface area contributed by atoms with Crippen molar-refractivity contribution < 1.29 is 14.3 Å². The third-order valence-electron chi connectivity index (χ3n) is 7.30. The summed E-state index contributed by atoms with van der Waals surface area (Å²) in [5, 5.41) is 6.35. The molecule has 0 unspecified atom stereocenters. The van der Waals surface area contributed by atoms with Gasteiger partial charge in [-0.3, -0.25) is 14.6 Å². The second-order valence-corrected chi connectivity index (χ2v) is 10.8. The lowest BCUT2D eigenvalue weighted by Gasteiger charge is -2.33. The molecule has 9 heteroatoms. The lowest BCUT2D eigenvalue weighted by atomic mass is 10.1. The van der Waals surface area contributed by atoms with Gasteiger partial charge in [0.15, 0.2) is 0 Å². The standard InChI is InChI=1S/C33H34ClN5O3/c1-23-5-3-4-6-29(23)33(41)36-20-24-7-9-25(10-8-24)32(40)37-30-14-11-26(34)19-31(30)42-22-27-12-13-28(21-35-27)39-17-15-38(2)16-18-39/h3-14,19,21H,15-18,20,22H2,1-2H3,(H,36,41)(H,37,40). The fourth-order valence-electron chi connectivity index (χ4n) is 4.70. The molecule has 1 saturated heterocycles. The number of nitrogens with one attached hydrogen (secondary N) is 2. The molecule has 2 heterocycles. The van der Waals surface area contributed by atoms with Crippen LogP contribution in [0.5, 0.6) is 5.75 Å². The zero-order chi connectivity index (χ0) is 29.5. The molecule has 3 aromatic carbocycles. The number of likely N-dealkylation sites (N-methyl/N-ethyl adjacent to an activating group) is 1. The van der Waals surface area contributed by atoms with Crippen LogP contribution in [0.3, 0.4) is 0 Å². The first-order valence-electron chi connectivity index (χ1n) is 13.9.